The molecule has 1 unspecified atom stereocenters. The maximum atomic E-state index is 12.6. The molecule has 1 atom stereocenters. The molecular formula is C13H16N2O2S. The van der Waals surface area contributed by atoms with Crippen LogP contribution in [-0.4, -0.2) is 25.3 Å². The molecule has 0 bridgehead atoms. The fraction of sp³-hybridized carbons (Fsp3) is 0.462. The molecule has 1 aliphatic heterocycles. The summed E-state index contributed by atoms with van der Waals surface area (Å²) >= 11 is 0. The summed E-state index contributed by atoms with van der Waals surface area (Å²) in [7, 11) is -3.53. The molecule has 2 rings (SSSR count). The second-order valence-electron chi connectivity index (χ2n) is 4.43. The number of hydrogen-bond donors (Lipinski definition) is 0. The molecule has 0 amide bonds. The summed E-state index contributed by atoms with van der Waals surface area (Å²) in [5, 5.41) is 9.01. The molecule has 96 valence electrons. The third-order valence-electron chi connectivity index (χ3n) is 3.39. The van der Waals surface area contributed by atoms with E-state index in [1.54, 1.807) is 22.5 Å². The number of benzene rings is 1. The van der Waals surface area contributed by atoms with E-state index in [-0.39, 0.29) is 16.5 Å². The van der Waals surface area contributed by atoms with Crippen molar-refractivity contribution in [1.29, 1.82) is 5.26 Å². The van der Waals surface area contributed by atoms with E-state index >= 15 is 0 Å². The fourth-order valence-electron chi connectivity index (χ4n) is 2.44. The maximum Gasteiger partial charge on any atom is 0.244 e. The molecule has 1 saturated heterocycles. The molecule has 5 heteroatoms. The molecule has 0 aliphatic carbocycles. The zero-order valence-electron chi connectivity index (χ0n) is 10.3. The molecule has 1 fully saturated rings. The monoisotopic (exact) mass is 264 g/mol. The maximum absolute atomic E-state index is 12.6. The van der Waals surface area contributed by atoms with E-state index in [1.807, 2.05) is 13.0 Å². The average molecular weight is 264 g/mol. The molecular weight excluding hydrogens is 248 g/mol. The molecule has 4 nitrogen and oxygen atoms in total. The quantitative estimate of drug-likeness (QED) is 0.840. The summed E-state index contributed by atoms with van der Waals surface area (Å²) in [4.78, 5) is 0.132. The first-order valence-corrected chi connectivity index (χ1v) is 7.56. The van der Waals surface area contributed by atoms with Crippen LogP contribution in [0, 0.1) is 11.3 Å². The Morgan fingerprint density at radius 2 is 2.17 bits per heavy atom. The highest BCUT2D eigenvalue weighted by molar-refractivity contribution is 7.89. The standard InChI is InChI=1S/C13H16N2O2S/c1-2-12-7-5-9-15(12)18(16,17)13-8-4-3-6-11(13)10-14/h3-4,6,8,12H,2,5,7,9H2,1H3. The van der Waals surface area contributed by atoms with Crippen LogP contribution >= 0.6 is 0 Å². The van der Waals surface area contributed by atoms with Crippen LogP contribution in [0.4, 0.5) is 0 Å². The minimum atomic E-state index is -3.53. The van der Waals surface area contributed by atoms with E-state index in [1.165, 1.54) is 6.07 Å². The van der Waals surface area contributed by atoms with Gasteiger partial charge in [0.25, 0.3) is 0 Å². The first-order valence-electron chi connectivity index (χ1n) is 6.12. The number of nitriles is 1. The summed E-state index contributed by atoms with van der Waals surface area (Å²) in [5.41, 5.74) is 0.222. The van der Waals surface area contributed by atoms with Gasteiger partial charge < -0.3 is 0 Å². The lowest BCUT2D eigenvalue weighted by Crippen LogP contribution is -2.35. The van der Waals surface area contributed by atoms with Crippen molar-refractivity contribution in [3.63, 3.8) is 0 Å². The van der Waals surface area contributed by atoms with Crippen molar-refractivity contribution in [2.45, 2.75) is 37.1 Å². The summed E-state index contributed by atoms with van der Waals surface area (Å²) in [6.07, 6.45) is 2.62. The van der Waals surface area contributed by atoms with Gasteiger partial charge in [-0.15, -0.1) is 0 Å². The summed E-state index contributed by atoms with van der Waals surface area (Å²) < 4.78 is 26.7. The second kappa shape index (κ2) is 5.09. The number of rotatable bonds is 3. The van der Waals surface area contributed by atoms with Crippen LogP contribution in [0.15, 0.2) is 29.2 Å². The number of hydrogen-bond acceptors (Lipinski definition) is 3. The highest BCUT2D eigenvalue weighted by Gasteiger charge is 2.35. The van der Waals surface area contributed by atoms with Gasteiger partial charge in [0.2, 0.25) is 10.0 Å². The molecule has 0 N–H and O–H groups in total. The number of nitrogens with zero attached hydrogens (tertiary/aromatic N) is 2. The summed E-state index contributed by atoms with van der Waals surface area (Å²) in [6.45, 7) is 2.55. The van der Waals surface area contributed by atoms with Gasteiger partial charge in [0.05, 0.1) is 10.5 Å². The van der Waals surface area contributed by atoms with Gasteiger partial charge >= 0.3 is 0 Å². The van der Waals surface area contributed by atoms with Crippen molar-refractivity contribution in [3.8, 4) is 6.07 Å². The number of sulfonamides is 1. The minimum absolute atomic E-state index is 0.0711. The van der Waals surface area contributed by atoms with Crippen LogP contribution in [0.1, 0.15) is 31.7 Å². The van der Waals surface area contributed by atoms with E-state index in [0.717, 1.165) is 19.3 Å². The van der Waals surface area contributed by atoms with Gasteiger partial charge in [0, 0.05) is 12.6 Å². The van der Waals surface area contributed by atoms with Crippen molar-refractivity contribution < 1.29 is 8.42 Å². The van der Waals surface area contributed by atoms with Crippen LogP contribution < -0.4 is 0 Å². The molecule has 18 heavy (non-hydrogen) atoms. The average Bonchev–Trinajstić information content (AvgIpc) is 2.87. The Bertz CT molecular complexity index is 575. The first-order chi connectivity index (χ1) is 8.61. The zero-order valence-corrected chi connectivity index (χ0v) is 11.2. The molecule has 0 saturated carbocycles. The molecule has 0 radical (unpaired) electrons. The van der Waals surface area contributed by atoms with Crippen LogP contribution in [0.3, 0.4) is 0 Å². The van der Waals surface area contributed by atoms with Gasteiger partial charge in [-0.2, -0.15) is 9.57 Å². The minimum Gasteiger partial charge on any atom is -0.207 e. The SMILES string of the molecule is CCC1CCCN1S(=O)(=O)c1ccccc1C#N. The van der Waals surface area contributed by atoms with Crippen molar-refractivity contribution in [1.82, 2.24) is 4.31 Å². The van der Waals surface area contributed by atoms with Crippen molar-refractivity contribution in [2.75, 3.05) is 6.54 Å². The van der Waals surface area contributed by atoms with E-state index in [2.05, 4.69) is 0 Å². The van der Waals surface area contributed by atoms with Crippen LogP contribution in [0.25, 0.3) is 0 Å². The zero-order chi connectivity index (χ0) is 13.2. The largest absolute Gasteiger partial charge is 0.244 e. The Morgan fingerprint density at radius 3 is 2.83 bits per heavy atom. The lowest BCUT2D eigenvalue weighted by Gasteiger charge is -2.23. The summed E-state index contributed by atoms with van der Waals surface area (Å²) in [5.74, 6) is 0. The van der Waals surface area contributed by atoms with Gasteiger partial charge in [-0.05, 0) is 31.4 Å². The van der Waals surface area contributed by atoms with Crippen LogP contribution in [-0.2, 0) is 10.0 Å². The van der Waals surface area contributed by atoms with Gasteiger partial charge in [-0.25, -0.2) is 8.42 Å². The van der Waals surface area contributed by atoms with Crippen molar-refractivity contribution in [2.24, 2.45) is 0 Å². The Balaban J connectivity index is 2.46. The van der Waals surface area contributed by atoms with Gasteiger partial charge in [0.1, 0.15) is 6.07 Å². The summed E-state index contributed by atoms with van der Waals surface area (Å²) in [6, 6.07) is 8.42. The van der Waals surface area contributed by atoms with Crippen LogP contribution in [0.2, 0.25) is 0 Å². The Morgan fingerprint density at radius 1 is 1.44 bits per heavy atom. The predicted molar refractivity (Wildman–Crippen MR) is 68.4 cm³/mol. The first kappa shape index (κ1) is 13.1. The third-order valence-corrected chi connectivity index (χ3v) is 5.40. The smallest absolute Gasteiger partial charge is 0.207 e. The van der Waals surface area contributed by atoms with Crippen molar-refractivity contribution >= 4 is 10.0 Å². The fourth-order valence-corrected chi connectivity index (χ4v) is 4.35. The molecule has 1 aromatic carbocycles. The Hall–Kier alpha value is -1.38. The highest BCUT2D eigenvalue weighted by atomic mass is 32.2. The van der Waals surface area contributed by atoms with Gasteiger partial charge in [-0.1, -0.05) is 19.1 Å². The molecule has 1 aliphatic rings. The second-order valence-corrected chi connectivity index (χ2v) is 6.29. The van der Waals surface area contributed by atoms with E-state index in [4.69, 9.17) is 5.26 Å². The molecule has 0 spiro atoms. The van der Waals surface area contributed by atoms with E-state index in [9.17, 15) is 8.42 Å². The molecule has 1 aromatic rings. The highest BCUT2D eigenvalue weighted by Crippen LogP contribution is 2.28. The lowest BCUT2D eigenvalue weighted by atomic mass is 10.2. The van der Waals surface area contributed by atoms with E-state index < -0.39 is 10.0 Å². The van der Waals surface area contributed by atoms with Gasteiger partial charge in [-0.3, -0.25) is 0 Å². The third kappa shape index (κ3) is 2.14. The Kier molecular flexibility index (Phi) is 3.69. The van der Waals surface area contributed by atoms with Crippen LogP contribution in [0.5, 0.6) is 0 Å². The van der Waals surface area contributed by atoms with Crippen molar-refractivity contribution in [3.05, 3.63) is 29.8 Å². The predicted octanol–water partition coefficient (Wildman–Crippen LogP) is 2.12. The van der Waals surface area contributed by atoms with Gasteiger partial charge in [0.15, 0.2) is 0 Å². The molecule has 0 aromatic heterocycles. The molecule has 1 heterocycles. The van der Waals surface area contributed by atoms with E-state index in [0.29, 0.717) is 6.54 Å². The normalized spacial score (nSPS) is 20.8. The Labute approximate surface area is 108 Å². The lowest BCUT2D eigenvalue weighted by molar-refractivity contribution is 0.379. The topological polar surface area (TPSA) is 61.2 Å².